The zero-order chi connectivity index (χ0) is 12.8. The van der Waals surface area contributed by atoms with Crippen molar-refractivity contribution in [1.29, 1.82) is 0 Å². The van der Waals surface area contributed by atoms with Crippen LogP contribution in [0.15, 0.2) is 24.5 Å². The quantitative estimate of drug-likeness (QED) is 0.718. The number of hydrogen-bond acceptors (Lipinski definition) is 3. The molecule has 0 saturated carbocycles. The van der Waals surface area contributed by atoms with E-state index < -0.39 is 24.2 Å². The molecule has 0 fully saturated rings. The minimum absolute atomic E-state index is 0.796. The highest BCUT2D eigenvalue weighted by Crippen LogP contribution is 2.13. The first-order chi connectivity index (χ1) is 7.25. The fourth-order valence-corrected chi connectivity index (χ4v) is 0.526. The van der Waals surface area contributed by atoms with Gasteiger partial charge in [0, 0.05) is 0 Å². The highest BCUT2D eigenvalue weighted by Gasteiger charge is 2.38. The van der Waals surface area contributed by atoms with Gasteiger partial charge in [-0.05, 0) is 12.2 Å². The van der Waals surface area contributed by atoms with E-state index >= 15 is 0 Å². The van der Waals surface area contributed by atoms with Crippen molar-refractivity contribution in [1.82, 2.24) is 0 Å². The molecule has 0 aromatic carbocycles. The maximum atomic E-state index is 10.6. The number of ether oxygens (including phenoxy) is 1. The number of rotatable bonds is 1. The monoisotopic (exact) mass is 240 g/mol. The number of carbonyl (C=O) groups is 2. The van der Waals surface area contributed by atoms with E-state index in [-0.39, 0.29) is 0 Å². The summed E-state index contributed by atoms with van der Waals surface area (Å²) in [5, 5.41) is 15.5. The molecule has 0 aromatic heterocycles. The van der Waals surface area contributed by atoms with E-state index in [1.807, 2.05) is 0 Å². The number of halogens is 3. The summed E-state index contributed by atoms with van der Waals surface area (Å²) in [6.07, 6.45) is 0.234. The first-order valence-corrected chi connectivity index (χ1v) is 3.77. The zero-order valence-corrected chi connectivity index (χ0v) is 7.64. The molecule has 1 atom stereocenters. The average Bonchev–Trinajstić information content (AvgIpc) is 2.18. The van der Waals surface area contributed by atoms with Gasteiger partial charge in [-0.25, -0.2) is 9.59 Å². The molecule has 5 nitrogen and oxygen atoms in total. The van der Waals surface area contributed by atoms with Crippen LogP contribution in [0.4, 0.5) is 13.2 Å². The van der Waals surface area contributed by atoms with Crippen LogP contribution in [0.25, 0.3) is 0 Å². The third-order valence-corrected chi connectivity index (χ3v) is 1.19. The Morgan fingerprint density at radius 2 is 1.69 bits per heavy atom. The zero-order valence-electron chi connectivity index (χ0n) is 7.64. The Labute approximate surface area is 87.4 Å². The van der Waals surface area contributed by atoms with Crippen LogP contribution in [0.2, 0.25) is 0 Å². The van der Waals surface area contributed by atoms with Crippen molar-refractivity contribution in [2.75, 3.05) is 0 Å². The van der Waals surface area contributed by atoms with Crippen molar-refractivity contribution in [3.05, 3.63) is 24.5 Å². The summed E-state index contributed by atoms with van der Waals surface area (Å²) in [6.45, 7) is 0. The number of aliphatic carboxylic acids is 2. The fraction of sp³-hybridized carbons (Fsp3) is 0.250. The number of carboxylic acid groups (broad SMARTS) is 2. The van der Waals surface area contributed by atoms with Crippen molar-refractivity contribution in [3.63, 3.8) is 0 Å². The van der Waals surface area contributed by atoms with Crippen LogP contribution >= 0.6 is 0 Å². The molecule has 90 valence electrons. The van der Waals surface area contributed by atoms with E-state index in [1.54, 1.807) is 12.2 Å². The molecule has 16 heavy (non-hydrogen) atoms. The second-order valence-electron chi connectivity index (χ2n) is 2.41. The standard InChI is InChI=1S/C6H6O3.C2HF3O2/c7-6(8)5-3-1-2-4-9-5;3-2(4,5)1(6)7/h1-5H,(H,7,8);(H,6,7). The smallest absolute Gasteiger partial charge is 0.482 e. The minimum atomic E-state index is -5.08. The third-order valence-electron chi connectivity index (χ3n) is 1.19. The van der Waals surface area contributed by atoms with Crippen molar-refractivity contribution in [2.24, 2.45) is 0 Å². The predicted molar refractivity (Wildman–Crippen MR) is 44.5 cm³/mol. The number of alkyl halides is 3. The first kappa shape index (κ1) is 14.0. The van der Waals surface area contributed by atoms with Gasteiger partial charge in [0.05, 0.1) is 6.26 Å². The van der Waals surface area contributed by atoms with Gasteiger partial charge in [0.1, 0.15) is 0 Å². The lowest BCUT2D eigenvalue weighted by Gasteiger charge is -2.08. The SMILES string of the molecule is O=C(O)C(F)(F)F.O=C(O)C1C=CC=CO1. The topological polar surface area (TPSA) is 83.8 Å². The van der Waals surface area contributed by atoms with E-state index in [4.69, 9.17) is 15.0 Å². The molecule has 0 radical (unpaired) electrons. The normalized spacial score (nSPS) is 18.1. The third kappa shape index (κ3) is 5.68. The average molecular weight is 240 g/mol. The molecule has 1 rings (SSSR count). The fourth-order valence-electron chi connectivity index (χ4n) is 0.526. The van der Waals surface area contributed by atoms with Gasteiger partial charge in [0.2, 0.25) is 6.10 Å². The van der Waals surface area contributed by atoms with Gasteiger partial charge in [0.15, 0.2) is 0 Å². The first-order valence-electron chi connectivity index (χ1n) is 3.77. The van der Waals surface area contributed by atoms with E-state index in [0.717, 1.165) is 0 Å². The lowest BCUT2D eigenvalue weighted by atomic mass is 10.3. The summed E-state index contributed by atoms with van der Waals surface area (Å²) in [4.78, 5) is 19.0. The van der Waals surface area contributed by atoms with E-state index in [2.05, 4.69) is 4.74 Å². The predicted octanol–water partition coefficient (Wildman–Crippen LogP) is 1.17. The van der Waals surface area contributed by atoms with Gasteiger partial charge >= 0.3 is 18.1 Å². The van der Waals surface area contributed by atoms with E-state index in [9.17, 15) is 18.0 Å². The maximum Gasteiger partial charge on any atom is 0.490 e. The molecular weight excluding hydrogens is 233 g/mol. The Balaban J connectivity index is 0.000000293. The number of carboxylic acids is 2. The lowest BCUT2D eigenvalue weighted by Crippen LogP contribution is -2.21. The summed E-state index contributed by atoms with van der Waals surface area (Å²) in [5.74, 6) is -3.72. The summed E-state index contributed by atoms with van der Waals surface area (Å²) < 4.78 is 36.4. The molecule has 1 aliphatic rings. The largest absolute Gasteiger partial charge is 0.490 e. The van der Waals surface area contributed by atoms with Gasteiger partial charge in [0.25, 0.3) is 0 Å². The highest BCUT2D eigenvalue weighted by atomic mass is 19.4. The Kier molecular flexibility index (Phi) is 5.07. The van der Waals surface area contributed by atoms with Crippen LogP contribution in [-0.2, 0) is 14.3 Å². The van der Waals surface area contributed by atoms with Crippen molar-refractivity contribution in [3.8, 4) is 0 Å². The minimum Gasteiger partial charge on any atom is -0.482 e. The van der Waals surface area contributed by atoms with Crippen LogP contribution in [-0.4, -0.2) is 34.4 Å². The Morgan fingerprint density at radius 3 is 1.88 bits per heavy atom. The summed E-state index contributed by atoms with van der Waals surface area (Å²) >= 11 is 0. The molecule has 1 heterocycles. The van der Waals surface area contributed by atoms with E-state index in [0.29, 0.717) is 0 Å². The number of allylic oxidation sites excluding steroid dienone is 2. The summed E-state index contributed by atoms with van der Waals surface area (Å²) in [5.41, 5.74) is 0. The summed E-state index contributed by atoms with van der Waals surface area (Å²) in [7, 11) is 0. The van der Waals surface area contributed by atoms with Crippen molar-refractivity contribution in [2.45, 2.75) is 12.3 Å². The Bertz CT molecular complexity index is 318. The van der Waals surface area contributed by atoms with Gasteiger partial charge in [-0.1, -0.05) is 6.08 Å². The lowest BCUT2D eigenvalue weighted by molar-refractivity contribution is -0.192. The maximum absolute atomic E-state index is 10.6. The molecule has 2 N–H and O–H groups in total. The molecule has 8 heteroatoms. The molecule has 1 aliphatic heterocycles. The Morgan fingerprint density at radius 1 is 1.19 bits per heavy atom. The highest BCUT2D eigenvalue weighted by molar-refractivity contribution is 5.75. The van der Waals surface area contributed by atoms with Crippen LogP contribution in [0.1, 0.15) is 0 Å². The molecule has 0 aliphatic carbocycles. The van der Waals surface area contributed by atoms with Crippen LogP contribution < -0.4 is 0 Å². The molecule has 0 saturated heterocycles. The Hall–Kier alpha value is -1.99. The molecule has 0 bridgehead atoms. The van der Waals surface area contributed by atoms with Gasteiger partial charge in [-0.3, -0.25) is 0 Å². The van der Waals surface area contributed by atoms with Crippen LogP contribution in [0.5, 0.6) is 0 Å². The molecular formula is C8H7F3O5. The second-order valence-corrected chi connectivity index (χ2v) is 2.41. The summed E-state index contributed by atoms with van der Waals surface area (Å²) in [6, 6.07) is 0. The number of hydrogen-bond donors (Lipinski definition) is 2. The molecule has 0 spiro atoms. The van der Waals surface area contributed by atoms with Crippen molar-refractivity contribution >= 4 is 11.9 Å². The van der Waals surface area contributed by atoms with Crippen LogP contribution in [0, 0.1) is 0 Å². The second kappa shape index (κ2) is 5.79. The van der Waals surface area contributed by atoms with Gasteiger partial charge in [-0.15, -0.1) is 0 Å². The molecule has 0 amide bonds. The van der Waals surface area contributed by atoms with Crippen LogP contribution in [0.3, 0.4) is 0 Å². The van der Waals surface area contributed by atoms with Gasteiger partial charge in [-0.2, -0.15) is 13.2 Å². The molecule has 0 aromatic rings. The van der Waals surface area contributed by atoms with E-state index in [1.165, 1.54) is 12.3 Å². The van der Waals surface area contributed by atoms with Gasteiger partial charge < -0.3 is 14.9 Å². The molecule has 1 unspecified atom stereocenters. The van der Waals surface area contributed by atoms with Crippen molar-refractivity contribution < 1.29 is 37.7 Å².